The van der Waals surface area contributed by atoms with E-state index in [-0.39, 0.29) is 5.60 Å². The molecule has 4 heteroatoms. The van der Waals surface area contributed by atoms with Gasteiger partial charge >= 0.3 is 0 Å². The van der Waals surface area contributed by atoms with Crippen molar-refractivity contribution in [3.63, 3.8) is 0 Å². The van der Waals surface area contributed by atoms with Gasteiger partial charge in [0.25, 0.3) is 0 Å². The van der Waals surface area contributed by atoms with Crippen molar-refractivity contribution < 1.29 is 4.74 Å². The average Bonchev–Trinajstić information content (AvgIpc) is 2.72. The molecule has 1 rings (SSSR count). The maximum Gasteiger partial charge on any atom is 0.0640 e. The molecule has 0 aliphatic carbocycles. The van der Waals surface area contributed by atoms with Gasteiger partial charge < -0.3 is 10.1 Å². The van der Waals surface area contributed by atoms with Crippen LogP contribution in [-0.4, -0.2) is 29.0 Å². The van der Waals surface area contributed by atoms with Crippen molar-refractivity contribution in [1.82, 2.24) is 15.1 Å². The van der Waals surface area contributed by atoms with E-state index in [4.69, 9.17) is 4.74 Å². The number of rotatable bonds is 7. The number of hydrogen-bond acceptors (Lipinski definition) is 3. The highest BCUT2D eigenvalue weighted by molar-refractivity contribution is 5.03. The Kier molecular flexibility index (Phi) is 4.96. The van der Waals surface area contributed by atoms with Crippen LogP contribution in [0.5, 0.6) is 0 Å². The molecule has 0 aliphatic rings. The Morgan fingerprint density at radius 1 is 1.50 bits per heavy atom. The lowest BCUT2D eigenvalue weighted by molar-refractivity contribution is 0.0113. The Bertz CT molecular complexity index is 307. The minimum Gasteiger partial charge on any atom is -0.379 e. The van der Waals surface area contributed by atoms with Gasteiger partial charge in [-0.2, -0.15) is 5.10 Å². The smallest absolute Gasteiger partial charge is 0.0640 e. The zero-order valence-electron chi connectivity index (χ0n) is 10.8. The van der Waals surface area contributed by atoms with Gasteiger partial charge in [-0.15, -0.1) is 0 Å². The molecule has 1 N–H and O–H groups in total. The van der Waals surface area contributed by atoms with Crippen molar-refractivity contribution in [2.45, 2.75) is 45.9 Å². The number of methoxy groups -OCH3 is 1. The number of nitrogens with zero attached hydrogens (tertiary/aromatic N) is 2. The van der Waals surface area contributed by atoms with Crippen LogP contribution in [0.3, 0.4) is 0 Å². The summed E-state index contributed by atoms with van der Waals surface area (Å²) in [5.74, 6) is 0. The predicted molar refractivity (Wildman–Crippen MR) is 65.3 cm³/mol. The van der Waals surface area contributed by atoms with Gasteiger partial charge in [-0.3, -0.25) is 4.68 Å². The third-order valence-corrected chi connectivity index (χ3v) is 2.76. The van der Waals surface area contributed by atoms with Crippen LogP contribution in [0.15, 0.2) is 12.4 Å². The van der Waals surface area contributed by atoms with E-state index in [1.807, 2.05) is 10.9 Å². The van der Waals surface area contributed by atoms with Crippen LogP contribution in [0.1, 0.15) is 32.8 Å². The Hall–Kier alpha value is -0.870. The van der Waals surface area contributed by atoms with Crippen molar-refractivity contribution in [3.8, 4) is 0 Å². The highest BCUT2D eigenvalue weighted by atomic mass is 16.5. The molecule has 92 valence electrons. The molecule has 0 unspecified atom stereocenters. The highest BCUT2D eigenvalue weighted by Gasteiger charge is 2.15. The molecule has 0 spiro atoms. The van der Waals surface area contributed by atoms with Crippen LogP contribution in [0, 0.1) is 0 Å². The summed E-state index contributed by atoms with van der Waals surface area (Å²) in [6, 6.07) is 0. The number of aromatic nitrogens is 2. The summed E-state index contributed by atoms with van der Waals surface area (Å²) < 4.78 is 7.36. The van der Waals surface area contributed by atoms with Gasteiger partial charge in [-0.05, 0) is 26.8 Å². The van der Waals surface area contributed by atoms with E-state index in [0.717, 1.165) is 26.1 Å². The van der Waals surface area contributed by atoms with E-state index < -0.39 is 0 Å². The lowest BCUT2D eigenvalue weighted by Crippen LogP contribution is -2.24. The minimum absolute atomic E-state index is 0.0756. The molecule has 1 aromatic heterocycles. The van der Waals surface area contributed by atoms with E-state index >= 15 is 0 Å². The Balaban J connectivity index is 2.40. The molecular weight excluding hydrogens is 202 g/mol. The molecule has 0 fully saturated rings. The first-order valence-corrected chi connectivity index (χ1v) is 5.84. The number of ether oxygens (including phenoxy) is 1. The van der Waals surface area contributed by atoms with Crippen LogP contribution in [-0.2, 0) is 17.8 Å². The second-order valence-electron chi connectivity index (χ2n) is 4.61. The molecule has 0 bridgehead atoms. The molecule has 4 nitrogen and oxygen atoms in total. The molecule has 0 saturated heterocycles. The Labute approximate surface area is 98.0 Å². The first kappa shape index (κ1) is 13.2. The van der Waals surface area contributed by atoms with Gasteiger partial charge in [0.15, 0.2) is 0 Å². The second kappa shape index (κ2) is 6.01. The van der Waals surface area contributed by atoms with E-state index in [2.05, 4.69) is 37.4 Å². The monoisotopic (exact) mass is 225 g/mol. The molecule has 0 aromatic carbocycles. The summed E-state index contributed by atoms with van der Waals surface area (Å²) in [5.41, 5.74) is 1.16. The van der Waals surface area contributed by atoms with Gasteiger partial charge in [0, 0.05) is 32.0 Å². The fourth-order valence-electron chi connectivity index (χ4n) is 1.38. The highest BCUT2D eigenvalue weighted by Crippen LogP contribution is 2.13. The first-order chi connectivity index (χ1) is 7.57. The van der Waals surface area contributed by atoms with Gasteiger partial charge in [0.1, 0.15) is 0 Å². The van der Waals surface area contributed by atoms with Gasteiger partial charge in [-0.1, -0.05) is 6.92 Å². The van der Waals surface area contributed by atoms with Crippen LogP contribution >= 0.6 is 0 Å². The Morgan fingerprint density at radius 2 is 2.25 bits per heavy atom. The van der Waals surface area contributed by atoms with Gasteiger partial charge in [0.2, 0.25) is 0 Å². The van der Waals surface area contributed by atoms with Crippen molar-refractivity contribution in [3.05, 3.63) is 18.0 Å². The molecule has 0 aliphatic heterocycles. The Morgan fingerprint density at radius 3 is 2.88 bits per heavy atom. The number of hydrogen-bond donors (Lipinski definition) is 1. The van der Waals surface area contributed by atoms with E-state index in [9.17, 15) is 0 Å². The summed E-state index contributed by atoms with van der Waals surface area (Å²) in [6.45, 7) is 9.07. The minimum atomic E-state index is -0.0756. The average molecular weight is 225 g/mol. The van der Waals surface area contributed by atoms with E-state index in [1.165, 1.54) is 5.56 Å². The maximum atomic E-state index is 5.38. The fraction of sp³-hybridized carbons (Fsp3) is 0.750. The quantitative estimate of drug-likeness (QED) is 0.769. The second-order valence-corrected chi connectivity index (χ2v) is 4.61. The first-order valence-electron chi connectivity index (χ1n) is 5.84. The fourth-order valence-corrected chi connectivity index (χ4v) is 1.38. The summed E-state index contributed by atoms with van der Waals surface area (Å²) in [6.07, 6.45) is 4.97. The summed E-state index contributed by atoms with van der Waals surface area (Å²) in [5, 5.41) is 7.61. The molecule has 0 saturated carbocycles. The topological polar surface area (TPSA) is 39.1 Å². The normalized spacial score (nSPS) is 12.0. The lowest BCUT2D eigenvalue weighted by Gasteiger charge is -2.22. The number of nitrogens with one attached hydrogen (secondary N) is 1. The molecular formula is C12H23N3O. The van der Waals surface area contributed by atoms with Crippen LogP contribution in [0.4, 0.5) is 0 Å². The SMILES string of the molecule is CCNCc1cnn(CCC(C)(C)OC)c1. The van der Waals surface area contributed by atoms with E-state index in [1.54, 1.807) is 7.11 Å². The molecule has 1 aromatic rings. The van der Waals surface area contributed by atoms with Crippen molar-refractivity contribution in [2.75, 3.05) is 13.7 Å². The van der Waals surface area contributed by atoms with Crippen molar-refractivity contribution in [2.24, 2.45) is 0 Å². The molecule has 0 radical (unpaired) electrons. The summed E-state index contributed by atoms with van der Waals surface area (Å²) >= 11 is 0. The van der Waals surface area contributed by atoms with Gasteiger partial charge in [-0.25, -0.2) is 0 Å². The summed E-state index contributed by atoms with van der Waals surface area (Å²) in [4.78, 5) is 0. The van der Waals surface area contributed by atoms with Crippen molar-refractivity contribution in [1.29, 1.82) is 0 Å². The molecule has 0 atom stereocenters. The maximum absolute atomic E-state index is 5.38. The number of aryl methyl sites for hydroxylation is 1. The van der Waals surface area contributed by atoms with Crippen LogP contribution in [0.25, 0.3) is 0 Å². The molecule has 16 heavy (non-hydrogen) atoms. The molecule has 0 amide bonds. The zero-order valence-corrected chi connectivity index (χ0v) is 10.8. The van der Waals surface area contributed by atoms with Crippen LogP contribution < -0.4 is 5.32 Å². The third-order valence-electron chi connectivity index (χ3n) is 2.76. The van der Waals surface area contributed by atoms with E-state index in [0.29, 0.717) is 0 Å². The zero-order chi connectivity index (χ0) is 12.0. The molecule has 1 heterocycles. The van der Waals surface area contributed by atoms with Crippen molar-refractivity contribution >= 4 is 0 Å². The standard InChI is InChI=1S/C12H23N3O/c1-5-13-8-11-9-14-15(10-11)7-6-12(2,3)16-4/h9-10,13H,5-8H2,1-4H3. The summed E-state index contributed by atoms with van der Waals surface area (Å²) in [7, 11) is 1.75. The largest absolute Gasteiger partial charge is 0.379 e. The van der Waals surface area contributed by atoms with Gasteiger partial charge in [0.05, 0.1) is 11.8 Å². The lowest BCUT2D eigenvalue weighted by atomic mass is 10.1. The predicted octanol–water partition coefficient (Wildman–Crippen LogP) is 1.81. The van der Waals surface area contributed by atoms with Crippen LogP contribution in [0.2, 0.25) is 0 Å². The third kappa shape index (κ3) is 4.33.